The molecule has 3 rings (SSSR count). The van der Waals surface area contributed by atoms with Gasteiger partial charge in [-0.2, -0.15) is 0 Å². The number of rotatable bonds is 5. The van der Waals surface area contributed by atoms with E-state index in [0.29, 0.717) is 29.8 Å². The van der Waals surface area contributed by atoms with Gasteiger partial charge in [0.2, 0.25) is 10.0 Å². The molecule has 9 nitrogen and oxygen atoms in total. The number of amides is 1. The molecular formula is C20H23N3O6S. The molecule has 10 heteroatoms. The van der Waals surface area contributed by atoms with Gasteiger partial charge in [0.05, 0.1) is 19.1 Å². The number of H-pyrrole nitrogens is 1. The number of aromatic amines is 1. The van der Waals surface area contributed by atoms with E-state index < -0.39 is 21.5 Å². The first-order valence-corrected chi connectivity index (χ1v) is 11.0. The molecule has 0 saturated carbocycles. The van der Waals surface area contributed by atoms with Crippen LogP contribution in [0.2, 0.25) is 0 Å². The zero-order valence-corrected chi connectivity index (χ0v) is 17.9. The van der Waals surface area contributed by atoms with Gasteiger partial charge >= 0.3 is 0 Å². The Kier molecular flexibility index (Phi) is 5.46. The number of benzene rings is 1. The number of carbonyl (C=O) groups is 2. The Morgan fingerprint density at radius 2 is 1.87 bits per heavy atom. The maximum absolute atomic E-state index is 12.7. The van der Waals surface area contributed by atoms with Crippen molar-refractivity contribution in [3.63, 3.8) is 0 Å². The molecule has 0 fully saturated rings. The number of sulfonamides is 1. The van der Waals surface area contributed by atoms with E-state index in [9.17, 15) is 22.8 Å². The second-order valence-electron chi connectivity index (χ2n) is 8.09. The Morgan fingerprint density at radius 1 is 1.17 bits per heavy atom. The van der Waals surface area contributed by atoms with Crippen LogP contribution in [-0.4, -0.2) is 38.5 Å². The second-order valence-corrected chi connectivity index (χ2v) is 9.84. The van der Waals surface area contributed by atoms with E-state index in [2.05, 4.69) is 15.0 Å². The molecule has 1 aliphatic carbocycles. The predicted octanol–water partition coefficient (Wildman–Crippen LogP) is 2.16. The van der Waals surface area contributed by atoms with E-state index in [4.69, 9.17) is 4.74 Å². The highest BCUT2D eigenvalue weighted by Crippen LogP contribution is 2.33. The first-order chi connectivity index (χ1) is 13.9. The molecule has 1 aromatic heterocycles. The highest BCUT2D eigenvalue weighted by atomic mass is 32.2. The molecule has 1 aliphatic rings. The van der Waals surface area contributed by atoms with Crippen LogP contribution in [0.25, 0.3) is 0 Å². The fourth-order valence-corrected chi connectivity index (χ4v) is 4.02. The van der Waals surface area contributed by atoms with Crippen molar-refractivity contribution < 1.29 is 22.7 Å². The zero-order valence-electron chi connectivity index (χ0n) is 17.1. The maximum Gasteiger partial charge on any atom is 0.261 e. The summed E-state index contributed by atoms with van der Waals surface area (Å²) >= 11 is 0. The van der Waals surface area contributed by atoms with E-state index in [0.717, 1.165) is 6.26 Å². The summed E-state index contributed by atoms with van der Waals surface area (Å²) in [6.45, 7) is 3.89. The molecule has 0 aliphatic heterocycles. The van der Waals surface area contributed by atoms with E-state index in [1.165, 1.54) is 31.4 Å². The highest BCUT2D eigenvalue weighted by molar-refractivity contribution is 7.92. The number of hydrogen-bond acceptors (Lipinski definition) is 6. The molecule has 0 radical (unpaired) electrons. The molecular weight excluding hydrogens is 410 g/mol. The summed E-state index contributed by atoms with van der Waals surface area (Å²) in [5.74, 6) is -0.623. The lowest BCUT2D eigenvalue weighted by Gasteiger charge is -2.29. The third kappa shape index (κ3) is 4.70. The maximum atomic E-state index is 12.7. The molecule has 1 aromatic carbocycles. The van der Waals surface area contributed by atoms with Gasteiger partial charge in [-0.15, -0.1) is 0 Å². The standard InChI is InChI=1S/C20H23N3O6S/c1-20(2)9-15-12(16(24)10-20)8-13(19(26)22-15)18(25)21-11-5-6-14(17(7-11)29-3)23-30(4,27)28/h5-8,23H,9-10H2,1-4H3,(H,21,25)(H,22,26). The summed E-state index contributed by atoms with van der Waals surface area (Å²) in [5, 5.41) is 2.57. The summed E-state index contributed by atoms with van der Waals surface area (Å²) in [4.78, 5) is 40.2. The number of ether oxygens (including phenoxy) is 1. The van der Waals surface area contributed by atoms with E-state index in [1.54, 1.807) is 0 Å². The molecule has 1 heterocycles. The first-order valence-electron chi connectivity index (χ1n) is 9.15. The van der Waals surface area contributed by atoms with Gasteiger partial charge in [0, 0.05) is 29.4 Å². The summed E-state index contributed by atoms with van der Waals surface area (Å²) in [6, 6.07) is 5.65. The first kappa shape index (κ1) is 21.6. The average Bonchev–Trinajstić information content (AvgIpc) is 2.60. The molecule has 0 atom stereocenters. The third-order valence-electron chi connectivity index (χ3n) is 4.72. The van der Waals surface area contributed by atoms with Gasteiger partial charge in [-0.1, -0.05) is 13.8 Å². The van der Waals surface area contributed by atoms with Crippen molar-refractivity contribution in [3.05, 3.63) is 51.4 Å². The van der Waals surface area contributed by atoms with Crippen LogP contribution in [0.1, 0.15) is 46.7 Å². The van der Waals surface area contributed by atoms with Crippen LogP contribution in [0.3, 0.4) is 0 Å². The summed E-state index contributed by atoms with van der Waals surface area (Å²) in [7, 11) is -2.15. The van der Waals surface area contributed by atoms with Crippen LogP contribution in [-0.2, 0) is 16.4 Å². The quantitative estimate of drug-likeness (QED) is 0.661. The summed E-state index contributed by atoms with van der Waals surface area (Å²) in [5.41, 5.74) is 0.367. The lowest BCUT2D eigenvalue weighted by Crippen LogP contribution is -2.32. The topological polar surface area (TPSA) is 134 Å². The molecule has 0 bridgehead atoms. The van der Waals surface area contributed by atoms with Gasteiger partial charge in [0.15, 0.2) is 5.78 Å². The minimum absolute atomic E-state index is 0.121. The predicted molar refractivity (Wildman–Crippen MR) is 113 cm³/mol. The number of hydrogen-bond donors (Lipinski definition) is 3. The molecule has 160 valence electrons. The normalized spacial score (nSPS) is 15.3. The van der Waals surface area contributed by atoms with Crippen LogP contribution < -0.4 is 20.3 Å². The Morgan fingerprint density at radius 3 is 2.50 bits per heavy atom. The Labute approximate surface area is 173 Å². The largest absolute Gasteiger partial charge is 0.494 e. The van der Waals surface area contributed by atoms with Crippen molar-refractivity contribution in [2.24, 2.45) is 5.41 Å². The molecule has 0 spiro atoms. The third-order valence-corrected chi connectivity index (χ3v) is 5.31. The van der Waals surface area contributed by atoms with Crippen LogP contribution >= 0.6 is 0 Å². The van der Waals surface area contributed by atoms with Crippen LogP contribution in [0.5, 0.6) is 5.75 Å². The number of nitrogens with one attached hydrogen (secondary N) is 3. The second kappa shape index (κ2) is 7.60. The number of pyridine rings is 1. The van der Waals surface area contributed by atoms with Gasteiger partial charge in [-0.25, -0.2) is 8.42 Å². The zero-order chi connectivity index (χ0) is 22.3. The van der Waals surface area contributed by atoms with Gasteiger partial charge in [0.1, 0.15) is 11.3 Å². The van der Waals surface area contributed by atoms with Gasteiger partial charge in [-0.3, -0.25) is 19.1 Å². The molecule has 1 amide bonds. The molecule has 2 aromatic rings. The Balaban J connectivity index is 1.89. The van der Waals surface area contributed by atoms with E-state index in [1.807, 2.05) is 13.8 Å². The molecule has 30 heavy (non-hydrogen) atoms. The lowest BCUT2D eigenvalue weighted by atomic mass is 9.75. The van der Waals surface area contributed by atoms with Gasteiger partial charge in [-0.05, 0) is 30.0 Å². The van der Waals surface area contributed by atoms with Crippen LogP contribution in [0.4, 0.5) is 11.4 Å². The monoisotopic (exact) mass is 433 g/mol. The Bertz CT molecular complexity index is 1200. The van der Waals surface area contributed by atoms with Crippen molar-refractivity contribution >= 4 is 33.1 Å². The summed E-state index contributed by atoms with van der Waals surface area (Å²) < 4.78 is 30.3. The van der Waals surface area contributed by atoms with Crippen LogP contribution in [0.15, 0.2) is 29.1 Å². The molecule has 0 saturated heterocycles. The minimum Gasteiger partial charge on any atom is -0.494 e. The van der Waals surface area contributed by atoms with E-state index in [-0.39, 0.29) is 28.2 Å². The van der Waals surface area contributed by atoms with Gasteiger partial charge < -0.3 is 15.0 Å². The molecule has 0 unspecified atom stereocenters. The van der Waals surface area contributed by atoms with Crippen molar-refractivity contribution in [3.8, 4) is 5.75 Å². The van der Waals surface area contributed by atoms with Crippen molar-refractivity contribution in [1.82, 2.24) is 4.98 Å². The number of ketones is 1. The fraction of sp³-hybridized carbons (Fsp3) is 0.350. The number of aromatic nitrogens is 1. The van der Waals surface area contributed by atoms with Crippen LogP contribution in [0, 0.1) is 5.41 Å². The highest BCUT2D eigenvalue weighted by Gasteiger charge is 2.32. The van der Waals surface area contributed by atoms with Crippen molar-refractivity contribution in [1.29, 1.82) is 0 Å². The number of methoxy groups -OCH3 is 1. The summed E-state index contributed by atoms with van der Waals surface area (Å²) in [6.07, 6.45) is 1.88. The minimum atomic E-state index is -3.51. The number of anilines is 2. The average molecular weight is 433 g/mol. The van der Waals surface area contributed by atoms with Gasteiger partial charge in [0.25, 0.3) is 11.5 Å². The van der Waals surface area contributed by atoms with Crippen molar-refractivity contribution in [2.45, 2.75) is 26.7 Å². The van der Waals surface area contributed by atoms with E-state index >= 15 is 0 Å². The lowest BCUT2D eigenvalue weighted by molar-refractivity contribution is 0.0910. The number of fused-ring (bicyclic) bond motifs is 1. The SMILES string of the molecule is COc1cc(NC(=O)c2cc3c([nH]c2=O)CC(C)(C)CC3=O)ccc1NS(C)(=O)=O. The van der Waals surface area contributed by atoms with Crippen molar-refractivity contribution in [2.75, 3.05) is 23.4 Å². The number of carbonyl (C=O) groups excluding carboxylic acids is 2. The Hall–Kier alpha value is -3.14. The number of Topliss-reactive ketones (excluding diaryl/α,β-unsaturated/α-hetero) is 1. The smallest absolute Gasteiger partial charge is 0.261 e. The fourth-order valence-electron chi connectivity index (χ4n) is 3.45. The molecule has 3 N–H and O–H groups in total.